The molecule has 166 valence electrons. The summed E-state index contributed by atoms with van der Waals surface area (Å²) < 4.78 is 18.0. The molecule has 2 aromatic carbocycles. The summed E-state index contributed by atoms with van der Waals surface area (Å²) in [7, 11) is 0. The van der Waals surface area contributed by atoms with Gasteiger partial charge in [0.1, 0.15) is 5.75 Å². The van der Waals surface area contributed by atoms with E-state index in [9.17, 15) is 4.79 Å². The zero-order chi connectivity index (χ0) is 22.8. The molecule has 2 aromatic heterocycles. The van der Waals surface area contributed by atoms with E-state index in [1.165, 1.54) is 0 Å². The van der Waals surface area contributed by atoms with Gasteiger partial charge in [0.05, 0.1) is 5.69 Å². The lowest BCUT2D eigenvalue weighted by atomic mass is 10.3. The first-order chi connectivity index (χ1) is 16.0. The molecule has 0 saturated carbocycles. The fraction of sp³-hybridized carbons (Fsp3) is 0.130. The third-order valence-electron chi connectivity index (χ3n) is 4.82. The van der Waals surface area contributed by atoms with E-state index in [0.29, 0.717) is 40.3 Å². The molecule has 0 radical (unpaired) electrons. The monoisotopic (exact) mass is 444 g/mol. The van der Waals surface area contributed by atoms with E-state index in [2.05, 4.69) is 25.9 Å². The van der Waals surface area contributed by atoms with Crippen LogP contribution in [0.2, 0.25) is 0 Å². The van der Waals surface area contributed by atoms with Crippen molar-refractivity contribution in [2.75, 3.05) is 17.4 Å². The Morgan fingerprint density at radius 1 is 0.909 bits per heavy atom. The van der Waals surface area contributed by atoms with Crippen LogP contribution in [0.4, 0.5) is 16.2 Å². The summed E-state index contributed by atoms with van der Waals surface area (Å²) in [6.07, 6.45) is 0. The standard InChI is InChI=1S/C23H20N6O4/c1-14-11-15(2)29(28-14)21-9-10-22(27-26-21)33-18-6-3-16(4-7-18)24-23(30)25-17-5-8-19-20(12-17)32-13-31-19/h3-12H,13H2,1-2H3,(H2,24,25,30). The number of benzene rings is 2. The number of nitrogens with zero attached hydrogens (tertiary/aromatic N) is 4. The van der Waals surface area contributed by atoms with Crippen molar-refractivity contribution in [1.82, 2.24) is 20.0 Å². The number of fused-ring (bicyclic) bond motifs is 1. The van der Waals surface area contributed by atoms with E-state index in [-0.39, 0.29) is 12.8 Å². The van der Waals surface area contributed by atoms with Crippen molar-refractivity contribution in [2.24, 2.45) is 0 Å². The lowest BCUT2D eigenvalue weighted by Crippen LogP contribution is -2.19. The molecule has 10 nitrogen and oxygen atoms in total. The molecule has 2 amide bonds. The molecule has 0 atom stereocenters. The van der Waals surface area contributed by atoms with E-state index >= 15 is 0 Å². The molecular weight excluding hydrogens is 424 g/mol. The van der Waals surface area contributed by atoms with Gasteiger partial charge in [-0.05, 0) is 62.4 Å². The fourth-order valence-electron chi connectivity index (χ4n) is 3.34. The van der Waals surface area contributed by atoms with E-state index < -0.39 is 0 Å². The van der Waals surface area contributed by atoms with Crippen LogP contribution in [-0.4, -0.2) is 32.8 Å². The van der Waals surface area contributed by atoms with Crippen LogP contribution >= 0.6 is 0 Å². The maximum Gasteiger partial charge on any atom is 0.323 e. The summed E-state index contributed by atoms with van der Waals surface area (Å²) in [4.78, 5) is 12.3. The molecule has 1 aliphatic rings. The number of hydrogen-bond donors (Lipinski definition) is 2. The normalized spacial score (nSPS) is 11.8. The van der Waals surface area contributed by atoms with Crippen LogP contribution < -0.4 is 24.8 Å². The molecule has 5 rings (SSSR count). The van der Waals surface area contributed by atoms with Crippen LogP contribution in [0, 0.1) is 13.8 Å². The predicted molar refractivity (Wildman–Crippen MR) is 120 cm³/mol. The number of aromatic nitrogens is 4. The lowest BCUT2D eigenvalue weighted by Gasteiger charge is -2.09. The van der Waals surface area contributed by atoms with Crippen molar-refractivity contribution in [3.8, 4) is 28.9 Å². The van der Waals surface area contributed by atoms with E-state index in [0.717, 1.165) is 11.4 Å². The largest absolute Gasteiger partial charge is 0.454 e. The average Bonchev–Trinajstić information content (AvgIpc) is 3.40. The Bertz CT molecular complexity index is 1300. The highest BCUT2D eigenvalue weighted by Crippen LogP contribution is 2.34. The van der Waals surface area contributed by atoms with Crippen LogP contribution in [0.5, 0.6) is 23.1 Å². The van der Waals surface area contributed by atoms with Crippen LogP contribution in [0.25, 0.3) is 5.82 Å². The van der Waals surface area contributed by atoms with Crippen LogP contribution in [0.3, 0.4) is 0 Å². The average molecular weight is 444 g/mol. The van der Waals surface area contributed by atoms with Gasteiger partial charge >= 0.3 is 6.03 Å². The number of aryl methyl sites for hydroxylation is 2. The summed E-state index contributed by atoms with van der Waals surface area (Å²) in [5.74, 6) is 2.77. The van der Waals surface area contributed by atoms with Gasteiger partial charge in [-0.1, -0.05) is 0 Å². The third-order valence-corrected chi connectivity index (χ3v) is 4.82. The minimum atomic E-state index is -0.381. The van der Waals surface area contributed by atoms with Gasteiger partial charge < -0.3 is 24.8 Å². The first kappa shape index (κ1) is 20.3. The molecule has 0 saturated heterocycles. The highest BCUT2D eigenvalue weighted by molar-refractivity contribution is 6.00. The number of carbonyl (C=O) groups excluding carboxylic acids is 1. The van der Waals surface area contributed by atoms with Gasteiger partial charge in [-0.3, -0.25) is 0 Å². The Morgan fingerprint density at radius 3 is 2.39 bits per heavy atom. The molecule has 0 bridgehead atoms. The second-order valence-electron chi connectivity index (χ2n) is 7.34. The summed E-state index contributed by atoms with van der Waals surface area (Å²) in [5.41, 5.74) is 3.08. The Kier molecular flexibility index (Phi) is 5.23. The van der Waals surface area contributed by atoms with Crippen molar-refractivity contribution in [1.29, 1.82) is 0 Å². The van der Waals surface area contributed by atoms with Crippen LogP contribution in [0.15, 0.2) is 60.7 Å². The molecule has 0 aliphatic carbocycles. The van der Waals surface area contributed by atoms with Gasteiger partial charge in [0.2, 0.25) is 12.7 Å². The predicted octanol–water partition coefficient (Wildman–Crippen LogP) is 4.44. The number of urea groups is 1. The molecule has 0 unspecified atom stereocenters. The van der Waals surface area contributed by atoms with Crippen molar-refractivity contribution < 1.29 is 19.0 Å². The Hall–Kier alpha value is -4.60. The molecular formula is C23H20N6O4. The second kappa shape index (κ2) is 8.50. The number of hydrogen-bond acceptors (Lipinski definition) is 7. The van der Waals surface area contributed by atoms with Crippen LogP contribution in [-0.2, 0) is 0 Å². The van der Waals surface area contributed by atoms with Gasteiger partial charge in [0.25, 0.3) is 0 Å². The molecule has 0 fully saturated rings. The van der Waals surface area contributed by atoms with Crippen LogP contribution in [0.1, 0.15) is 11.4 Å². The number of rotatable bonds is 5. The molecule has 3 heterocycles. The summed E-state index contributed by atoms with van der Waals surface area (Å²) in [6.45, 7) is 4.06. The van der Waals surface area contributed by atoms with Gasteiger partial charge in [-0.15, -0.1) is 10.2 Å². The maximum absolute atomic E-state index is 12.3. The zero-order valence-electron chi connectivity index (χ0n) is 17.9. The Morgan fingerprint density at radius 2 is 1.67 bits per heavy atom. The number of amides is 2. The first-order valence-corrected chi connectivity index (χ1v) is 10.2. The fourth-order valence-corrected chi connectivity index (χ4v) is 3.34. The van der Waals surface area contributed by atoms with Gasteiger partial charge in [-0.25, -0.2) is 9.48 Å². The van der Waals surface area contributed by atoms with E-state index in [4.69, 9.17) is 14.2 Å². The first-order valence-electron chi connectivity index (χ1n) is 10.2. The summed E-state index contributed by atoms with van der Waals surface area (Å²) in [6, 6.07) is 17.2. The molecule has 2 N–H and O–H groups in total. The van der Waals surface area contributed by atoms with Gasteiger partial charge in [-0.2, -0.15) is 5.10 Å². The minimum Gasteiger partial charge on any atom is -0.454 e. The topological polar surface area (TPSA) is 112 Å². The molecule has 4 aromatic rings. The highest BCUT2D eigenvalue weighted by Gasteiger charge is 2.14. The number of nitrogens with one attached hydrogen (secondary N) is 2. The molecule has 1 aliphatic heterocycles. The second-order valence-corrected chi connectivity index (χ2v) is 7.34. The number of ether oxygens (including phenoxy) is 3. The Balaban J connectivity index is 1.18. The molecule has 0 spiro atoms. The van der Waals surface area contributed by atoms with E-state index in [1.54, 1.807) is 59.3 Å². The van der Waals surface area contributed by atoms with Gasteiger partial charge in [0, 0.05) is 29.2 Å². The van der Waals surface area contributed by atoms with Gasteiger partial charge in [0.15, 0.2) is 17.3 Å². The molecule has 10 heteroatoms. The zero-order valence-corrected chi connectivity index (χ0v) is 17.9. The maximum atomic E-state index is 12.3. The van der Waals surface area contributed by atoms with Crippen molar-refractivity contribution in [3.63, 3.8) is 0 Å². The Labute approximate surface area is 189 Å². The van der Waals surface area contributed by atoms with E-state index in [1.807, 2.05) is 19.9 Å². The summed E-state index contributed by atoms with van der Waals surface area (Å²) in [5, 5.41) is 18.2. The lowest BCUT2D eigenvalue weighted by molar-refractivity contribution is 0.174. The molecule has 33 heavy (non-hydrogen) atoms. The van der Waals surface area contributed by atoms with Crippen molar-refractivity contribution >= 4 is 17.4 Å². The third kappa shape index (κ3) is 4.54. The number of carbonyl (C=O) groups is 1. The number of anilines is 2. The minimum absolute atomic E-state index is 0.179. The SMILES string of the molecule is Cc1cc(C)n(-c2ccc(Oc3ccc(NC(=O)Nc4ccc5c(c4)OCO5)cc3)nn2)n1. The quantitative estimate of drug-likeness (QED) is 0.468. The summed E-state index contributed by atoms with van der Waals surface area (Å²) >= 11 is 0. The van der Waals surface area contributed by atoms with Crippen molar-refractivity contribution in [3.05, 3.63) is 72.1 Å². The smallest absolute Gasteiger partial charge is 0.323 e. The van der Waals surface area contributed by atoms with Crippen molar-refractivity contribution in [2.45, 2.75) is 13.8 Å². The highest BCUT2D eigenvalue weighted by atomic mass is 16.7.